The van der Waals surface area contributed by atoms with Gasteiger partial charge in [-0.3, -0.25) is 9.69 Å². The van der Waals surface area contributed by atoms with Gasteiger partial charge in [-0.05, 0) is 60.9 Å². The molecule has 1 amide bonds. The van der Waals surface area contributed by atoms with E-state index in [0.717, 1.165) is 28.1 Å². The minimum Gasteiger partial charge on any atom is -0.497 e. The number of methoxy groups -OCH3 is 1. The molecule has 1 aromatic heterocycles. The van der Waals surface area contributed by atoms with Crippen molar-refractivity contribution in [2.75, 3.05) is 12.0 Å². The number of carbonyl (C=O) groups is 1. The zero-order valence-electron chi connectivity index (χ0n) is 19.3. The molecule has 2 aromatic carbocycles. The van der Waals surface area contributed by atoms with Crippen LogP contribution in [0.25, 0.3) is 6.08 Å². The number of anilines is 1. The third kappa shape index (κ3) is 5.17. The summed E-state index contributed by atoms with van der Waals surface area (Å²) in [7, 11) is 1.62. The van der Waals surface area contributed by atoms with E-state index in [9.17, 15) is 4.79 Å². The topological polar surface area (TPSA) is 80.8 Å². The smallest absolute Gasteiger partial charge is 0.283 e. The van der Waals surface area contributed by atoms with Crippen molar-refractivity contribution < 1.29 is 14.1 Å². The molecule has 33 heavy (non-hydrogen) atoms. The van der Waals surface area contributed by atoms with Gasteiger partial charge in [0, 0.05) is 5.92 Å². The van der Waals surface area contributed by atoms with Crippen LogP contribution in [0.2, 0.25) is 0 Å². The second-order valence-corrected chi connectivity index (χ2v) is 9.12. The molecule has 0 unspecified atom stereocenters. The van der Waals surface area contributed by atoms with E-state index in [2.05, 4.69) is 21.2 Å². The molecule has 8 heteroatoms. The molecule has 2 heterocycles. The average Bonchev–Trinajstić information content (AvgIpc) is 3.37. The number of hydrogen-bond acceptors (Lipinski definition) is 7. The molecule has 4 rings (SSSR count). The summed E-state index contributed by atoms with van der Waals surface area (Å²) < 4.78 is 10.5. The van der Waals surface area contributed by atoms with Gasteiger partial charge in [-0.25, -0.2) is 4.99 Å². The highest BCUT2D eigenvalue weighted by Gasteiger charge is 2.32. The first-order chi connectivity index (χ1) is 15.8. The van der Waals surface area contributed by atoms with Crippen LogP contribution in [-0.4, -0.2) is 28.3 Å². The molecule has 0 fully saturated rings. The Kier molecular flexibility index (Phi) is 6.65. The Labute approximate surface area is 197 Å². The number of aromatic nitrogens is 2. The van der Waals surface area contributed by atoms with Crippen molar-refractivity contribution in [1.29, 1.82) is 0 Å². The van der Waals surface area contributed by atoms with Gasteiger partial charge in [0.25, 0.3) is 5.91 Å². The van der Waals surface area contributed by atoms with Gasteiger partial charge in [0.1, 0.15) is 11.4 Å². The Bertz CT molecular complexity index is 1210. The number of ether oxygens (including phenoxy) is 1. The maximum Gasteiger partial charge on any atom is 0.283 e. The Hall–Kier alpha value is -3.39. The van der Waals surface area contributed by atoms with Gasteiger partial charge >= 0.3 is 0 Å². The molecule has 0 radical (unpaired) electrons. The molecule has 7 nitrogen and oxygen atoms in total. The number of hydrogen-bond donors (Lipinski definition) is 0. The maximum absolute atomic E-state index is 13.4. The number of rotatable bonds is 6. The summed E-state index contributed by atoms with van der Waals surface area (Å²) in [5.41, 5.74) is 4.19. The van der Waals surface area contributed by atoms with E-state index in [4.69, 9.17) is 9.26 Å². The minimum absolute atomic E-state index is 0.160. The van der Waals surface area contributed by atoms with E-state index in [1.165, 1.54) is 11.8 Å². The van der Waals surface area contributed by atoms with Gasteiger partial charge in [-0.1, -0.05) is 49.0 Å². The average molecular weight is 463 g/mol. The summed E-state index contributed by atoms with van der Waals surface area (Å²) in [4.78, 5) is 24.2. The molecule has 0 aliphatic carbocycles. The fourth-order valence-corrected chi connectivity index (χ4v) is 4.30. The predicted octanol–water partition coefficient (Wildman–Crippen LogP) is 5.50. The Morgan fingerprint density at radius 1 is 1.12 bits per heavy atom. The van der Waals surface area contributed by atoms with Crippen molar-refractivity contribution in [1.82, 2.24) is 10.1 Å². The van der Waals surface area contributed by atoms with Crippen LogP contribution in [0.4, 0.5) is 5.69 Å². The molecule has 1 aliphatic rings. The molecule has 3 aromatic rings. The number of benzene rings is 2. The SMILES string of the molecule is COc1ccc(C=C2N=C(SCc3noc(C(C)C)n3)N(c3cc(C)cc(C)c3)C2=O)cc1. The molecule has 0 N–H and O–H groups in total. The highest BCUT2D eigenvalue weighted by molar-refractivity contribution is 8.13. The van der Waals surface area contributed by atoms with Crippen molar-refractivity contribution >= 4 is 34.6 Å². The van der Waals surface area contributed by atoms with Crippen molar-refractivity contribution in [3.63, 3.8) is 0 Å². The lowest BCUT2D eigenvalue weighted by molar-refractivity contribution is -0.113. The third-order valence-corrected chi connectivity index (χ3v) is 5.96. The van der Waals surface area contributed by atoms with Gasteiger partial charge in [0.05, 0.1) is 18.6 Å². The van der Waals surface area contributed by atoms with Crippen molar-refractivity contribution in [3.8, 4) is 5.75 Å². The van der Waals surface area contributed by atoms with Gasteiger partial charge in [-0.15, -0.1) is 0 Å². The van der Waals surface area contributed by atoms with Crippen LogP contribution in [0, 0.1) is 13.8 Å². The monoisotopic (exact) mass is 462 g/mol. The van der Waals surface area contributed by atoms with Gasteiger partial charge in [-0.2, -0.15) is 4.98 Å². The number of aliphatic imine (C=N–C) groups is 1. The lowest BCUT2D eigenvalue weighted by Crippen LogP contribution is -2.30. The zero-order valence-corrected chi connectivity index (χ0v) is 20.1. The zero-order chi connectivity index (χ0) is 23.5. The Morgan fingerprint density at radius 2 is 1.82 bits per heavy atom. The molecule has 0 spiro atoms. The highest BCUT2D eigenvalue weighted by atomic mass is 32.2. The lowest BCUT2D eigenvalue weighted by Gasteiger charge is -2.18. The van der Waals surface area contributed by atoms with Gasteiger partial charge in [0.2, 0.25) is 5.89 Å². The standard InChI is InChI=1S/C25H26N4O3S/c1-15(2)23-27-22(28-32-23)14-33-25-26-21(13-18-6-8-20(31-5)9-7-18)24(30)29(25)19-11-16(3)10-17(4)12-19/h6-13,15H,14H2,1-5H3. The summed E-state index contributed by atoms with van der Waals surface area (Å²) in [6.45, 7) is 8.04. The molecule has 170 valence electrons. The number of nitrogens with zero attached hydrogens (tertiary/aromatic N) is 4. The highest BCUT2D eigenvalue weighted by Crippen LogP contribution is 2.32. The van der Waals surface area contributed by atoms with Crippen LogP contribution in [-0.2, 0) is 10.5 Å². The molecule has 0 atom stereocenters. The summed E-state index contributed by atoms with van der Waals surface area (Å²) in [5.74, 6) is 2.36. The van der Waals surface area contributed by atoms with Gasteiger partial charge in [0.15, 0.2) is 11.0 Å². The van der Waals surface area contributed by atoms with Crippen molar-refractivity contribution in [2.45, 2.75) is 39.4 Å². The van der Waals surface area contributed by atoms with E-state index >= 15 is 0 Å². The van der Waals surface area contributed by atoms with Gasteiger partial charge < -0.3 is 9.26 Å². The van der Waals surface area contributed by atoms with E-state index < -0.39 is 0 Å². The fraction of sp³-hybridized carbons (Fsp3) is 0.280. The van der Waals surface area contributed by atoms with Crippen LogP contribution in [0.1, 0.15) is 48.2 Å². The molecular weight excluding hydrogens is 436 g/mol. The van der Waals surface area contributed by atoms with E-state index in [1.807, 2.05) is 64.1 Å². The third-order valence-electron chi connectivity index (χ3n) is 5.02. The number of amidine groups is 1. The van der Waals surface area contributed by atoms with Crippen LogP contribution in [0.5, 0.6) is 5.75 Å². The second-order valence-electron chi connectivity index (χ2n) is 8.18. The number of carbonyl (C=O) groups excluding carboxylic acids is 1. The quantitative estimate of drug-likeness (QED) is 0.450. The van der Waals surface area contributed by atoms with E-state index in [-0.39, 0.29) is 11.8 Å². The number of aryl methyl sites for hydroxylation is 2. The first-order valence-corrected chi connectivity index (χ1v) is 11.6. The summed E-state index contributed by atoms with van der Waals surface area (Å²) in [6.07, 6.45) is 1.79. The van der Waals surface area contributed by atoms with Crippen molar-refractivity contribution in [3.05, 3.63) is 76.6 Å². The molecular formula is C25H26N4O3S. The first kappa shape index (κ1) is 22.8. The molecule has 0 saturated heterocycles. The van der Waals surface area contributed by atoms with E-state index in [0.29, 0.717) is 28.3 Å². The second kappa shape index (κ2) is 9.62. The number of thioether (sulfide) groups is 1. The maximum atomic E-state index is 13.4. The minimum atomic E-state index is -0.172. The number of amides is 1. The fourth-order valence-electron chi connectivity index (χ4n) is 3.45. The normalized spacial score (nSPS) is 15.0. The molecule has 1 aliphatic heterocycles. The Morgan fingerprint density at radius 3 is 2.42 bits per heavy atom. The lowest BCUT2D eigenvalue weighted by atomic mass is 10.1. The predicted molar refractivity (Wildman–Crippen MR) is 131 cm³/mol. The summed E-state index contributed by atoms with van der Waals surface area (Å²) >= 11 is 1.41. The van der Waals surface area contributed by atoms with Crippen LogP contribution in [0.15, 0.2) is 57.7 Å². The largest absolute Gasteiger partial charge is 0.497 e. The molecule has 0 bridgehead atoms. The van der Waals surface area contributed by atoms with Crippen LogP contribution >= 0.6 is 11.8 Å². The van der Waals surface area contributed by atoms with Crippen LogP contribution in [0.3, 0.4) is 0 Å². The molecule has 0 saturated carbocycles. The Balaban J connectivity index is 1.66. The summed E-state index contributed by atoms with van der Waals surface area (Å²) in [5, 5.41) is 4.64. The summed E-state index contributed by atoms with van der Waals surface area (Å²) in [6, 6.07) is 13.6. The van der Waals surface area contributed by atoms with E-state index in [1.54, 1.807) is 18.1 Å². The van der Waals surface area contributed by atoms with Crippen molar-refractivity contribution in [2.24, 2.45) is 4.99 Å². The van der Waals surface area contributed by atoms with Crippen LogP contribution < -0.4 is 9.64 Å². The first-order valence-electron chi connectivity index (χ1n) is 10.7.